The average Bonchev–Trinajstić information content (AvgIpc) is 3.08. The Kier molecular flexibility index (Phi) is 4.33. The van der Waals surface area contributed by atoms with Gasteiger partial charge in [0.25, 0.3) is 0 Å². The van der Waals surface area contributed by atoms with Crippen LogP contribution in [0, 0.1) is 0 Å². The maximum Gasteiger partial charge on any atom is 0.223 e. The Balaban J connectivity index is 1.87. The highest BCUT2D eigenvalue weighted by Gasteiger charge is 2.08. The molecule has 2 heterocycles. The van der Waals surface area contributed by atoms with Crippen molar-refractivity contribution in [3.05, 3.63) is 36.5 Å². The molecule has 0 fully saturated rings. The second-order valence-corrected chi connectivity index (χ2v) is 5.76. The van der Waals surface area contributed by atoms with Crippen molar-refractivity contribution in [1.29, 1.82) is 0 Å². The Morgan fingerprint density at radius 1 is 1.29 bits per heavy atom. The van der Waals surface area contributed by atoms with Gasteiger partial charge in [-0.25, -0.2) is 4.98 Å². The van der Waals surface area contributed by atoms with Gasteiger partial charge in [0.15, 0.2) is 0 Å². The van der Waals surface area contributed by atoms with Crippen molar-refractivity contribution in [3.8, 4) is 11.3 Å². The van der Waals surface area contributed by atoms with Crippen molar-refractivity contribution in [3.63, 3.8) is 0 Å². The molecule has 2 aromatic heterocycles. The number of aromatic amines is 1. The van der Waals surface area contributed by atoms with E-state index in [4.69, 9.17) is 5.73 Å². The van der Waals surface area contributed by atoms with E-state index in [1.807, 2.05) is 24.3 Å². The first kappa shape index (κ1) is 15.8. The van der Waals surface area contributed by atoms with Crippen molar-refractivity contribution in [2.75, 3.05) is 31.7 Å². The number of amides is 1. The molecule has 0 aliphatic carbocycles. The van der Waals surface area contributed by atoms with Crippen molar-refractivity contribution in [1.82, 2.24) is 20.1 Å². The molecule has 124 valence electrons. The highest BCUT2D eigenvalue weighted by molar-refractivity contribution is 5.95. The van der Waals surface area contributed by atoms with Gasteiger partial charge in [-0.15, -0.1) is 0 Å². The van der Waals surface area contributed by atoms with E-state index in [1.165, 1.54) is 0 Å². The average molecular weight is 324 g/mol. The lowest BCUT2D eigenvalue weighted by atomic mass is 10.1. The minimum absolute atomic E-state index is 0.0790. The number of carbonyl (C=O) groups excluding carboxylic acids is 1. The maximum absolute atomic E-state index is 11.7. The van der Waals surface area contributed by atoms with Crippen LogP contribution in [-0.2, 0) is 4.79 Å². The van der Waals surface area contributed by atoms with Crippen LogP contribution in [0.15, 0.2) is 36.5 Å². The quantitative estimate of drug-likeness (QED) is 0.667. The van der Waals surface area contributed by atoms with Crippen LogP contribution in [0.25, 0.3) is 22.2 Å². The Hall–Kier alpha value is -3.09. The van der Waals surface area contributed by atoms with Crippen LogP contribution in [0.5, 0.6) is 0 Å². The number of anilines is 2. The molecule has 24 heavy (non-hydrogen) atoms. The molecule has 0 atom stereocenters. The van der Waals surface area contributed by atoms with Crippen LogP contribution in [0.2, 0.25) is 0 Å². The zero-order chi connectivity index (χ0) is 17.1. The first-order valence-corrected chi connectivity index (χ1v) is 7.68. The molecule has 0 aliphatic heterocycles. The summed E-state index contributed by atoms with van der Waals surface area (Å²) in [4.78, 5) is 17.7. The van der Waals surface area contributed by atoms with Gasteiger partial charge >= 0.3 is 0 Å². The molecular formula is C17H20N6O. The second-order valence-electron chi connectivity index (χ2n) is 5.76. The number of carbonyl (C=O) groups is 1. The molecule has 0 spiro atoms. The Morgan fingerprint density at radius 3 is 2.83 bits per heavy atom. The van der Waals surface area contributed by atoms with Gasteiger partial charge in [0, 0.05) is 56.0 Å². The van der Waals surface area contributed by atoms with Gasteiger partial charge in [0.2, 0.25) is 5.91 Å². The van der Waals surface area contributed by atoms with E-state index in [2.05, 4.69) is 20.5 Å². The number of hydrogen-bond donors (Lipinski definition) is 3. The van der Waals surface area contributed by atoms with E-state index in [0.717, 1.165) is 27.8 Å². The summed E-state index contributed by atoms with van der Waals surface area (Å²) in [7, 11) is 3.50. The number of fused-ring (bicyclic) bond motifs is 1. The standard InChI is InChI=1S/C17H20N6O/c1-23(2)17(24)6-7-19-14-10-16(18)21-15-9-11(3-4-12(14)15)13-5-8-20-22-13/h3-5,8-10H,6-7H2,1-2H3,(H,20,22)(H3,18,19,21). The summed E-state index contributed by atoms with van der Waals surface area (Å²) in [6.45, 7) is 0.540. The third-order valence-electron chi connectivity index (χ3n) is 3.79. The largest absolute Gasteiger partial charge is 0.384 e. The van der Waals surface area contributed by atoms with Crippen molar-refractivity contribution in [2.24, 2.45) is 0 Å². The summed E-state index contributed by atoms with van der Waals surface area (Å²) in [5, 5.41) is 11.1. The van der Waals surface area contributed by atoms with Crippen LogP contribution in [0.1, 0.15) is 6.42 Å². The van der Waals surface area contributed by atoms with Gasteiger partial charge in [0.1, 0.15) is 5.82 Å². The summed E-state index contributed by atoms with van der Waals surface area (Å²) < 4.78 is 0. The summed E-state index contributed by atoms with van der Waals surface area (Å²) in [6, 6.07) is 9.66. The Labute approximate surface area is 139 Å². The minimum Gasteiger partial charge on any atom is -0.384 e. The molecule has 7 nitrogen and oxygen atoms in total. The van der Waals surface area contributed by atoms with Gasteiger partial charge in [-0.1, -0.05) is 12.1 Å². The summed E-state index contributed by atoms with van der Waals surface area (Å²) in [5.41, 5.74) is 9.51. The molecule has 3 rings (SSSR count). The van der Waals surface area contributed by atoms with Crippen molar-refractivity contribution in [2.45, 2.75) is 6.42 Å². The van der Waals surface area contributed by atoms with E-state index in [0.29, 0.717) is 18.8 Å². The molecule has 4 N–H and O–H groups in total. The van der Waals surface area contributed by atoms with E-state index in [9.17, 15) is 4.79 Å². The first-order chi connectivity index (χ1) is 11.5. The monoisotopic (exact) mass is 324 g/mol. The summed E-state index contributed by atoms with van der Waals surface area (Å²) in [6.07, 6.45) is 2.13. The van der Waals surface area contributed by atoms with Gasteiger partial charge in [-0.3, -0.25) is 9.89 Å². The lowest BCUT2D eigenvalue weighted by Crippen LogP contribution is -2.23. The van der Waals surface area contributed by atoms with Gasteiger partial charge in [-0.2, -0.15) is 5.10 Å². The highest BCUT2D eigenvalue weighted by Crippen LogP contribution is 2.28. The molecular weight excluding hydrogens is 304 g/mol. The number of nitrogens with two attached hydrogens (primary N) is 1. The highest BCUT2D eigenvalue weighted by atomic mass is 16.2. The Bertz CT molecular complexity index is 857. The zero-order valence-corrected chi connectivity index (χ0v) is 13.7. The molecule has 0 unspecified atom stereocenters. The van der Waals surface area contributed by atoms with Gasteiger partial charge in [0.05, 0.1) is 11.2 Å². The third-order valence-corrected chi connectivity index (χ3v) is 3.79. The van der Waals surface area contributed by atoms with E-state index >= 15 is 0 Å². The van der Waals surface area contributed by atoms with E-state index in [1.54, 1.807) is 31.3 Å². The van der Waals surface area contributed by atoms with Crippen molar-refractivity contribution < 1.29 is 4.79 Å². The molecule has 0 saturated heterocycles. The SMILES string of the molecule is CN(C)C(=O)CCNc1cc(N)nc2cc(-c3ccn[nH]3)ccc12. The fourth-order valence-corrected chi connectivity index (χ4v) is 2.51. The van der Waals surface area contributed by atoms with Gasteiger partial charge < -0.3 is 16.0 Å². The molecule has 0 saturated carbocycles. The number of benzene rings is 1. The van der Waals surface area contributed by atoms with E-state index in [-0.39, 0.29) is 5.91 Å². The van der Waals surface area contributed by atoms with Gasteiger partial charge in [-0.05, 0) is 12.1 Å². The van der Waals surface area contributed by atoms with E-state index < -0.39 is 0 Å². The lowest BCUT2D eigenvalue weighted by molar-refractivity contribution is -0.128. The maximum atomic E-state index is 11.7. The molecule has 0 aliphatic rings. The molecule has 7 heteroatoms. The fraction of sp³-hybridized carbons (Fsp3) is 0.235. The number of pyridine rings is 1. The summed E-state index contributed by atoms with van der Waals surface area (Å²) >= 11 is 0. The normalized spacial score (nSPS) is 10.8. The number of rotatable bonds is 5. The second kappa shape index (κ2) is 6.57. The Morgan fingerprint density at radius 2 is 2.12 bits per heavy atom. The number of nitrogen functional groups attached to an aromatic ring is 1. The van der Waals surface area contributed by atoms with Crippen LogP contribution in [0.3, 0.4) is 0 Å². The number of hydrogen-bond acceptors (Lipinski definition) is 5. The van der Waals surface area contributed by atoms with Crippen LogP contribution in [0.4, 0.5) is 11.5 Å². The number of nitrogens with zero attached hydrogens (tertiary/aromatic N) is 3. The fourth-order valence-electron chi connectivity index (χ4n) is 2.51. The zero-order valence-electron chi connectivity index (χ0n) is 13.7. The minimum atomic E-state index is 0.0790. The molecule has 3 aromatic rings. The predicted molar refractivity (Wildman–Crippen MR) is 95.5 cm³/mol. The number of H-pyrrole nitrogens is 1. The molecule has 1 aromatic carbocycles. The third kappa shape index (κ3) is 3.29. The van der Waals surface area contributed by atoms with Crippen molar-refractivity contribution >= 4 is 28.3 Å². The first-order valence-electron chi connectivity index (χ1n) is 7.68. The smallest absolute Gasteiger partial charge is 0.223 e. The lowest BCUT2D eigenvalue weighted by Gasteiger charge is -2.13. The topological polar surface area (TPSA) is 99.9 Å². The number of aromatic nitrogens is 3. The van der Waals surface area contributed by atoms with Crippen LogP contribution >= 0.6 is 0 Å². The summed E-state index contributed by atoms with van der Waals surface area (Å²) in [5.74, 6) is 0.515. The predicted octanol–water partition coefficient (Wildman–Crippen LogP) is 2.10. The molecule has 0 radical (unpaired) electrons. The molecule has 0 bridgehead atoms. The van der Waals surface area contributed by atoms with Crippen LogP contribution < -0.4 is 11.1 Å². The number of nitrogens with one attached hydrogen (secondary N) is 2. The molecule has 1 amide bonds. The van der Waals surface area contributed by atoms with Crippen LogP contribution in [-0.4, -0.2) is 46.6 Å².